The van der Waals surface area contributed by atoms with Crippen molar-refractivity contribution in [3.05, 3.63) is 46.5 Å². The smallest absolute Gasteiger partial charge is 0.410 e. The molecule has 3 heterocycles. The Balaban J connectivity index is 1.37. The SMILES string of the molecule is CC(C)(C)OC(=O)N1[C@@H]2CC[C@H]1CC(Oc1cc3c(Nc4ccc(Cl)c(Cl)c4F)ncnc3cc1O)C2. The van der Waals surface area contributed by atoms with Crippen molar-refractivity contribution in [3.8, 4) is 11.5 Å². The predicted octanol–water partition coefficient (Wildman–Crippen LogP) is 6.83. The van der Waals surface area contributed by atoms with Gasteiger partial charge in [0.25, 0.3) is 0 Å². The molecule has 2 bridgehead atoms. The highest BCUT2D eigenvalue weighted by molar-refractivity contribution is 6.42. The number of hydrogen-bond acceptors (Lipinski definition) is 7. The molecule has 8 nitrogen and oxygen atoms in total. The Morgan fingerprint density at radius 1 is 1.16 bits per heavy atom. The number of anilines is 2. The highest BCUT2D eigenvalue weighted by atomic mass is 35.5. The van der Waals surface area contributed by atoms with Crippen molar-refractivity contribution in [3.63, 3.8) is 0 Å². The molecule has 1 unspecified atom stereocenters. The lowest BCUT2D eigenvalue weighted by molar-refractivity contribution is -0.00736. The fraction of sp³-hybridized carbons (Fsp3) is 0.423. The van der Waals surface area contributed by atoms with Crippen molar-refractivity contribution in [1.29, 1.82) is 0 Å². The van der Waals surface area contributed by atoms with Gasteiger partial charge in [0.2, 0.25) is 0 Å². The molecule has 0 spiro atoms. The molecule has 2 saturated heterocycles. The molecular weight excluding hydrogens is 522 g/mol. The number of carbonyl (C=O) groups excluding carboxylic acids is 1. The number of fused-ring (bicyclic) bond motifs is 3. The molecule has 0 radical (unpaired) electrons. The number of rotatable bonds is 4. The number of aromatic nitrogens is 2. The van der Waals surface area contributed by atoms with Crippen LogP contribution in [0.3, 0.4) is 0 Å². The molecule has 3 aromatic rings. The number of phenols is 1. The first-order valence-corrected chi connectivity index (χ1v) is 12.8. The van der Waals surface area contributed by atoms with E-state index in [1.165, 1.54) is 24.5 Å². The third-order valence-corrected chi connectivity index (χ3v) is 7.37. The van der Waals surface area contributed by atoms with Crippen molar-refractivity contribution in [2.75, 3.05) is 5.32 Å². The molecule has 3 atom stereocenters. The van der Waals surface area contributed by atoms with Crippen molar-refractivity contribution in [2.24, 2.45) is 0 Å². The Bertz CT molecular complexity index is 1350. The third-order valence-electron chi connectivity index (χ3n) is 6.59. The predicted molar refractivity (Wildman–Crippen MR) is 139 cm³/mol. The summed E-state index contributed by atoms with van der Waals surface area (Å²) < 4.78 is 26.5. The summed E-state index contributed by atoms with van der Waals surface area (Å²) in [5.41, 5.74) is -0.0203. The van der Waals surface area contributed by atoms with Gasteiger partial charge in [-0.3, -0.25) is 0 Å². The van der Waals surface area contributed by atoms with Gasteiger partial charge in [0.05, 0.1) is 21.2 Å². The van der Waals surface area contributed by atoms with Gasteiger partial charge in [-0.1, -0.05) is 23.2 Å². The molecule has 2 aliphatic heterocycles. The van der Waals surface area contributed by atoms with E-state index < -0.39 is 11.4 Å². The Morgan fingerprint density at radius 3 is 2.54 bits per heavy atom. The Morgan fingerprint density at radius 2 is 1.86 bits per heavy atom. The maximum atomic E-state index is 14.6. The van der Waals surface area contributed by atoms with E-state index in [9.17, 15) is 14.3 Å². The molecule has 2 aromatic carbocycles. The number of carbonyl (C=O) groups is 1. The van der Waals surface area contributed by atoms with Crippen molar-refractivity contribution < 1.29 is 23.8 Å². The van der Waals surface area contributed by atoms with Crippen LogP contribution >= 0.6 is 23.2 Å². The second-order valence-electron chi connectivity index (χ2n) is 10.4. The molecular formula is C26H27Cl2FN4O4. The summed E-state index contributed by atoms with van der Waals surface area (Å²) in [5.74, 6) is -0.203. The molecule has 2 aliphatic rings. The van der Waals surface area contributed by atoms with Gasteiger partial charge in [-0.2, -0.15) is 0 Å². The lowest BCUT2D eigenvalue weighted by Crippen LogP contribution is -2.50. The molecule has 11 heteroatoms. The second-order valence-corrected chi connectivity index (χ2v) is 11.2. The minimum atomic E-state index is -0.705. The van der Waals surface area contributed by atoms with Gasteiger partial charge in [-0.05, 0) is 51.8 Å². The summed E-state index contributed by atoms with van der Waals surface area (Å²) in [6.45, 7) is 5.57. The van der Waals surface area contributed by atoms with E-state index >= 15 is 0 Å². The number of nitrogens with zero attached hydrogens (tertiary/aromatic N) is 3. The number of ether oxygens (including phenoxy) is 2. The van der Waals surface area contributed by atoms with E-state index in [-0.39, 0.29) is 51.5 Å². The fourth-order valence-electron chi connectivity index (χ4n) is 5.03. The van der Waals surface area contributed by atoms with E-state index in [1.807, 2.05) is 25.7 Å². The fourth-order valence-corrected chi connectivity index (χ4v) is 5.34. The number of phenolic OH excluding ortho intramolecular Hbond substituents is 1. The van der Waals surface area contributed by atoms with Gasteiger partial charge in [-0.25, -0.2) is 19.2 Å². The largest absolute Gasteiger partial charge is 0.504 e. The van der Waals surface area contributed by atoms with Gasteiger partial charge in [0.15, 0.2) is 17.3 Å². The Kier molecular flexibility index (Phi) is 6.70. The molecule has 196 valence electrons. The number of piperidine rings is 1. The summed E-state index contributed by atoms with van der Waals surface area (Å²) in [5, 5.41) is 14.0. The zero-order valence-electron chi connectivity index (χ0n) is 20.6. The molecule has 0 saturated carbocycles. The number of amides is 1. The van der Waals surface area contributed by atoms with Crippen LogP contribution in [0, 0.1) is 5.82 Å². The number of nitrogens with one attached hydrogen (secondary N) is 1. The lowest BCUT2D eigenvalue weighted by Gasteiger charge is -2.39. The minimum Gasteiger partial charge on any atom is -0.504 e. The summed E-state index contributed by atoms with van der Waals surface area (Å²) in [6, 6.07) is 6.08. The monoisotopic (exact) mass is 548 g/mol. The van der Waals surface area contributed by atoms with Crippen LogP contribution in [-0.2, 0) is 4.74 Å². The zero-order valence-corrected chi connectivity index (χ0v) is 22.1. The van der Waals surface area contributed by atoms with E-state index in [0.29, 0.717) is 29.6 Å². The quantitative estimate of drug-likeness (QED) is 0.344. The highest BCUT2D eigenvalue weighted by Gasteiger charge is 2.45. The van der Waals surface area contributed by atoms with E-state index in [2.05, 4.69) is 15.3 Å². The molecule has 37 heavy (non-hydrogen) atoms. The maximum absolute atomic E-state index is 14.6. The first kappa shape index (κ1) is 25.6. The lowest BCUT2D eigenvalue weighted by atomic mass is 10.00. The van der Waals surface area contributed by atoms with Gasteiger partial charge in [0.1, 0.15) is 23.9 Å². The normalized spacial score (nSPS) is 21.2. The van der Waals surface area contributed by atoms with Crippen LogP contribution in [0.4, 0.5) is 20.7 Å². The Hall–Kier alpha value is -3.04. The summed E-state index contributed by atoms with van der Waals surface area (Å²) in [6.07, 6.45) is 3.82. The Labute approximate surface area is 223 Å². The molecule has 2 fully saturated rings. The average Bonchev–Trinajstić information content (AvgIpc) is 3.10. The van der Waals surface area contributed by atoms with Crippen LogP contribution in [0.5, 0.6) is 11.5 Å². The van der Waals surface area contributed by atoms with Crippen molar-refractivity contribution in [1.82, 2.24) is 14.9 Å². The number of aromatic hydroxyl groups is 1. The van der Waals surface area contributed by atoms with Crippen molar-refractivity contribution in [2.45, 2.75) is 70.2 Å². The maximum Gasteiger partial charge on any atom is 0.410 e. The number of halogens is 3. The van der Waals surface area contributed by atoms with Gasteiger partial charge < -0.3 is 24.8 Å². The van der Waals surface area contributed by atoms with Gasteiger partial charge in [0, 0.05) is 36.4 Å². The van der Waals surface area contributed by atoms with Gasteiger partial charge >= 0.3 is 6.09 Å². The van der Waals surface area contributed by atoms with Crippen LogP contribution in [0.25, 0.3) is 10.9 Å². The number of hydrogen-bond donors (Lipinski definition) is 2. The van der Waals surface area contributed by atoms with Crippen LogP contribution in [0.2, 0.25) is 10.0 Å². The first-order chi connectivity index (χ1) is 17.5. The first-order valence-electron chi connectivity index (χ1n) is 12.1. The summed E-state index contributed by atoms with van der Waals surface area (Å²) in [4.78, 5) is 23.0. The molecule has 1 aromatic heterocycles. The molecule has 5 rings (SSSR count). The van der Waals surface area contributed by atoms with E-state index in [4.69, 9.17) is 32.7 Å². The average molecular weight is 549 g/mol. The van der Waals surface area contributed by atoms with Crippen LogP contribution in [0.15, 0.2) is 30.6 Å². The molecule has 2 N–H and O–H groups in total. The molecule has 1 amide bonds. The van der Waals surface area contributed by atoms with E-state index in [1.54, 1.807) is 6.07 Å². The number of benzene rings is 2. The van der Waals surface area contributed by atoms with Crippen LogP contribution in [-0.4, -0.2) is 49.9 Å². The van der Waals surface area contributed by atoms with Gasteiger partial charge in [-0.15, -0.1) is 0 Å². The second kappa shape index (κ2) is 9.68. The van der Waals surface area contributed by atoms with Crippen LogP contribution < -0.4 is 10.1 Å². The standard InChI is InChI=1S/C26H27Cl2FN4O4/c1-26(2,3)37-25(35)33-13-4-5-14(33)9-15(8-13)36-21-10-16-19(11-20(21)34)30-12-31-24(16)32-18-7-6-17(27)22(28)23(18)29/h6-7,10-15,34H,4-5,8-9H2,1-3H3,(H,30,31,32)/t13-,14+,15?. The zero-order chi connectivity index (χ0) is 26.5. The van der Waals surface area contributed by atoms with Crippen molar-refractivity contribution >= 4 is 51.7 Å². The topological polar surface area (TPSA) is 96.8 Å². The third kappa shape index (κ3) is 5.20. The highest BCUT2D eigenvalue weighted by Crippen LogP contribution is 2.41. The van der Waals surface area contributed by atoms with Crippen LogP contribution in [0.1, 0.15) is 46.5 Å². The van der Waals surface area contributed by atoms with E-state index in [0.717, 1.165) is 12.8 Å². The summed E-state index contributed by atoms with van der Waals surface area (Å²) >= 11 is 11.8. The molecule has 0 aliphatic carbocycles. The summed E-state index contributed by atoms with van der Waals surface area (Å²) in [7, 11) is 0. The minimum absolute atomic E-state index is 0.0133.